The van der Waals surface area contributed by atoms with Gasteiger partial charge in [-0.3, -0.25) is 9.69 Å². The Labute approximate surface area is 338 Å². The van der Waals surface area contributed by atoms with Crippen LogP contribution in [0.2, 0.25) is 0 Å². The predicted molar refractivity (Wildman–Crippen MR) is 213 cm³/mol. The van der Waals surface area contributed by atoms with Gasteiger partial charge in [-0.25, -0.2) is 0 Å². The Morgan fingerprint density at radius 1 is 0.857 bits per heavy atom. The fourth-order valence-electron chi connectivity index (χ4n) is 9.82. The second-order valence-corrected chi connectivity index (χ2v) is 18.0. The van der Waals surface area contributed by atoms with Crippen LogP contribution in [0.5, 0.6) is 0 Å². The summed E-state index contributed by atoms with van der Waals surface area (Å²) in [5.41, 5.74) is -3.75. The molecular formula is C42H80N2O12. The summed E-state index contributed by atoms with van der Waals surface area (Å²) in [7, 11) is 8.71. The second-order valence-electron chi connectivity index (χ2n) is 18.0. The van der Waals surface area contributed by atoms with Gasteiger partial charge in [0.1, 0.15) is 30.0 Å². The number of cyclic esters (lactones) is 1. The van der Waals surface area contributed by atoms with Gasteiger partial charge in [0.05, 0.1) is 41.5 Å². The van der Waals surface area contributed by atoms with Gasteiger partial charge in [-0.1, -0.05) is 27.7 Å². The topological polar surface area (TPSA) is 158 Å². The lowest BCUT2D eigenvalue weighted by Crippen LogP contribution is -2.61. The highest BCUT2D eigenvalue weighted by Crippen LogP contribution is 2.41. The average Bonchev–Trinajstić information content (AvgIpc) is 3.14. The summed E-state index contributed by atoms with van der Waals surface area (Å²) in [5, 5.41) is 36.0. The quantitative estimate of drug-likeness (QED) is 0.273. The van der Waals surface area contributed by atoms with E-state index in [1.807, 2.05) is 48.7 Å². The molecule has 330 valence electrons. The predicted octanol–water partition coefficient (Wildman–Crippen LogP) is 3.99. The molecule has 0 spiro atoms. The number of rotatable bonds is 10. The first kappa shape index (κ1) is 49.4. The van der Waals surface area contributed by atoms with E-state index in [1.165, 1.54) is 7.11 Å². The van der Waals surface area contributed by atoms with Gasteiger partial charge in [0.2, 0.25) is 0 Å². The molecule has 0 saturated carbocycles. The minimum absolute atomic E-state index is 0.0291. The fraction of sp³-hybridized carbons (Fsp3) is 0.976. The van der Waals surface area contributed by atoms with Crippen molar-refractivity contribution < 1.29 is 58.0 Å². The highest BCUT2D eigenvalue weighted by molar-refractivity contribution is 5.73. The number of hydrogen-bond donors (Lipinski definition) is 3. The SMILES string of the molecule is CC[C@H]1OC(=O)[C@H](C)[C@@H](OC2CC(C)(OC)C(O)C(C)O2)[C@H](C)[C@@H](OC2OC(C)CC(N(C)C)C2OC)[C@](C)(O)C[C@@H](C)C(C)N(CC)[C@H](C)[C@@H](O)[C@]1(C)OC. The standard InChI is InChI=1S/C42H80N2O12/c1-18-31-42(12,51-17)35(45)28(8)44(19-2)27(7)23(3)21-40(10,48)37(56-39-34(49-15)30(43(13)14)20-24(4)52-39)25(5)33(26(6)38(47)54-31)55-32-22-41(11,50-16)36(46)29(9)53-32/h23-37,39,45-46,48H,18-22H2,1-17H3/t23-,24?,25+,26-,27?,28-,29?,30?,31-,32?,33+,34?,35-,36?,37-,39?,40-,41?,42-/m1/s1. The van der Waals surface area contributed by atoms with E-state index in [9.17, 15) is 20.1 Å². The molecule has 14 nitrogen and oxygen atoms in total. The van der Waals surface area contributed by atoms with E-state index in [2.05, 4.69) is 23.6 Å². The molecule has 14 heteroatoms. The number of ether oxygens (including phenoxy) is 8. The maximum absolute atomic E-state index is 14.5. The number of hydrogen-bond acceptors (Lipinski definition) is 14. The van der Waals surface area contributed by atoms with Crippen LogP contribution < -0.4 is 0 Å². The molecule has 0 aliphatic carbocycles. The highest BCUT2D eigenvalue weighted by Gasteiger charge is 2.53. The molecule has 3 aliphatic rings. The van der Waals surface area contributed by atoms with Crippen LogP contribution in [0.15, 0.2) is 0 Å². The Kier molecular flexibility index (Phi) is 17.7. The Morgan fingerprint density at radius 2 is 1.48 bits per heavy atom. The Bertz CT molecular complexity index is 1230. The monoisotopic (exact) mass is 805 g/mol. The second kappa shape index (κ2) is 20.0. The number of carbonyl (C=O) groups is 1. The maximum atomic E-state index is 14.5. The molecular weight excluding hydrogens is 724 g/mol. The van der Waals surface area contributed by atoms with Crippen LogP contribution in [-0.4, -0.2) is 169 Å². The van der Waals surface area contributed by atoms with Gasteiger partial charge < -0.3 is 58.1 Å². The lowest BCUT2D eigenvalue weighted by Gasteiger charge is -2.49. The fourth-order valence-corrected chi connectivity index (χ4v) is 9.82. The van der Waals surface area contributed by atoms with Crippen molar-refractivity contribution >= 4 is 5.97 Å². The zero-order chi connectivity index (χ0) is 42.7. The lowest BCUT2D eigenvalue weighted by molar-refractivity contribution is -0.319. The molecule has 3 saturated heterocycles. The van der Waals surface area contributed by atoms with Crippen molar-refractivity contribution in [1.82, 2.24) is 9.80 Å². The molecule has 3 aliphatic heterocycles. The first-order valence-corrected chi connectivity index (χ1v) is 20.9. The number of carbonyl (C=O) groups excluding carboxylic acids is 1. The van der Waals surface area contributed by atoms with Gasteiger partial charge in [0.25, 0.3) is 0 Å². The van der Waals surface area contributed by atoms with Gasteiger partial charge in [-0.15, -0.1) is 0 Å². The van der Waals surface area contributed by atoms with Gasteiger partial charge in [0.15, 0.2) is 12.6 Å². The van der Waals surface area contributed by atoms with Crippen molar-refractivity contribution in [3.8, 4) is 0 Å². The van der Waals surface area contributed by atoms with E-state index in [0.717, 1.165) is 6.42 Å². The summed E-state index contributed by atoms with van der Waals surface area (Å²) in [5.74, 6) is -2.26. The van der Waals surface area contributed by atoms with Crippen LogP contribution in [0, 0.1) is 17.8 Å². The lowest BCUT2D eigenvalue weighted by atomic mass is 9.76. The third kappa shape index (κ3) is 10.5. The summed E-state index contributed by atoms with van der Waals surface area (Å²) >= 11 is 0. The molecule has 0 aromatic rings. The highest BCUT2D eigenvalue weighted by atomic mass is 16.7. The summed E-state index contributed by atoms with van der Waals surface area (Å²) < 4.78 is 50.9. The first-order chi connectivity index (χ1) is 26.0. The van der Waals surface area contributed by atoms with Crippen LogP contribution in [0.1, 0.15) is 109 Å². The van der Waals surface area contributed by atoms with Crippen LogP contribution in [0.3, 0.4) is 0 Å². The van der Waals surface area contributed by atoms with Crippen molar-refractivity contribution in [3.05, 3.63) is 0 Å². The number of nitrogens with zero attached hydrogens (tertiary/aromatic N) is 2. The van der Waals surface area contributed by atoms with Crippen LogP contribution >= 0.6 is 0 Å². The number of aliphatic hydroxyl groups excluding tert-OH is 2. The minimum atomic E-state index is -1.50. The molecule has 9 unspecified atom stereocenters. The van der Waals surface area contributed by atoms with E-state index in [0.29, 0.717) is 19.4 Å². The summed E-state index contributed by atoms with van der Waals surface area (Å²) in [4.78, 5) is 18.9. The zero-order valence-electron chi connectivity index (χ0n) is 37.7. The third-order valence-corrected chi connectivity index (χ3v) is 13.8. The van der Waals surface area contributed by atoms with Crippen LogP contribution in [0.4, 0.5) is 0 Å². The largest absolute Gasteiger partial charge is 0.459 e. The Balaban J connectivity index is 2.27. The van der Waals surface area contributed by atoms with Gasteiger partial charge >= 0.3 is 5.97 Å². The third-order valence-electron chi connectivity index (χ3n) is 13.8. The molecule has 0 aromatic carbocycles. The van der Waals surface area contributed by atoms with E-state index >= 15 is 0 Å². The summed E-state index contributed by atoms with van der Waals surface area (Å²) in [6, 6.07) is -0.528. The van der Waals surface area contributed by atoms with E-state index in [4.69, 9.17) is 37.9 Å². The minimum Gasteiger partial charge on any atom is -0.459 e. The molecule has 3 heterocycles. The van der Waals surface area contributed by atoms with Gasteiger partial charge in [-0.2, -0.15) is 0 Å². The summed E-state index contributed by atoms with van der Waals surface area (Å²) in [6.45, 7) is 23.5. The molecule has 3 rings (SSSR count). The van der Waals surface area contributed by atoms with Crippen LogP contribution in [0.25, 0.3) is 0 Å². The van der Waals surface area contributed by atoms with Crippen molar-refractivity contribution in [2.75, 3.05) is 42.0 Å². The smallest absolute Gasteiger partial charge is 0.311 e. The van der Waals surface area contributed by atoms with Gasteiger partial charge in [-0.05, 0) is 101 Å². The molecule has 56 heavy (non-hydrogen) atoms. The number of esters is 1. The van der Waals surface area contributed by atoms with E-state index < -0.39 is 96.0 Å². The molecule has 0 radical (unpaired) electrons. The Morgan fingerprint density at radius 3 is 2.00 bits per heavy atom. The molecule has 0 bridgehead atoms. The molecule has 0 aromatic heterocycles. The van der Waals surface area contributed by atoms with Crippen molar-refractivity contribution in [3.63, 3.8) is 0 Å². The Hall–Kier alpha value is -1.01. The molecule has 3 N–H and O–H groups in total. The van der Waals surface area contributed by atoms with E-state index in [-0.39, 0.29) is 30.5 Å². The van der Waals surface area contributed by atoms with Crippen molar-refractivity contribution in [2.45, 2.75) is 205 Å². The molecule has 19 atom stereocenters. The average molecular weight is 805 g/mol. The maximum Gasteiger partial charge on any atom is 0.311 e. The number of methoxy groups -OCH3 is 3. The van der Waals surface area contributed by atoms with Crippen LogP contribution in [-0.2, 0) is 42.7 Å². The number of likely N-dealkylation sites (N-methyl/N-ethyl adjacent to an activating group) is 2. The van der Waals surface area contributed by atoms with Gasteiger partial charge in [0, 0.05) is 51.8 Å². The molecule has 3 fully saturated rings. The molecule has 0 amide bonds. The number of aliphatic hydroxyl groups is 3. The van der Waals surface area contributed by atoms with E-state index in [1.54, 1.807) is 48.8 Å². The normalized spacial score (nSPS) is 48.3. The van der Waals surface area contributed by atoms with Crippen molar-refractivity contribution in [2.24, 2.45) is 17.8 Å². The summed E-state index contributed by atoms with van der Waals surface area (Å²) in [6.07, 6.45) is -6.15. The van der Waals surface area contributed by atoms with Crippen molar-refractivity contribution in [1.29, 1.82) is 0 Å². The zero-order valence-corrected chi connectivity index (χ0v) is 37.7. The first-order valence-electron chi connectivity index (χ1n) is 20.9.